The van der Waals surface area contributed by atoms with Gasteiger partial charge in [0, 0.05) is 49.8 Å². The van der Waals surface area contributed by atoms with Crippen molar-refractivity contribution in [3.63, 3.8) is 0 Å². The Morgan fingerprint density at radius 2 is 1.96 bits per heavy atom. The van der Waals surface area contributed by atoms with E-state index in [4.69, 9.17) is 5.73 Å². The highest BCUT2D eigenvalue weighted by molar-refractivity contribution is 5.72. The second kappa shape index (κ2) is 6.69. The summed E-state index contributed by atoms with van der Waals surface area (Å²) in [6.45, 7) is 4.09. The van der Waals surface area contributed by atoms with Crippen molar-refractivity contribution in [3.05, 3.63) is 36.4 Å². The van der Waals surface area contributed by atoms with Gasteiger partial charge in [-0.05, 0) is 19.1 Å². The van der Waals surface area contributed by atoms with E-state index in [1.165, 1.54) is 6.33 Å². The first kappa shape index (κ1) is 16.0. The molecule has 3 N–H and O–H groups in total. The number of carboxylic acid groups (broad SMARTS) is 1. The molecule has 1 atom stereocenters. The molecular weight excluding hydrogens is 308 g/mol. The van der Waals surface area contributed by atoms with Gasteiger partial charge in [0.25, 0.3) is 0 Å². The van der Waals surface area contributed by atoms with Crippen LogP contribution in [0.25, 0.3) is 0 Å². The van der Waals surface area contributed by atoms with E-state index in [1.807, 2.05) is 24.0 Å². The van der Waals surface area contributed by atoms with Crippen LogP contribution in [0, 0.1) is 12.8 Å². The summed E-state index contributed by atoms with van der Waals surface area (Å²) < 4.78 is 0. The van der Waals surface area contributed by atoms with Gasteiger partial charge in [0.2, 0.25) is 0 Å². The van der Waals surface area contributed by atoms with Crippen molar-refractivity contribution >= 4 is 23.3 Å². The third kappa shape index (κ3) is 3.53. The Kier molecular flexibility index (Phi) is 4.45. The number of aromatic nitrogens is 3. The molecule has 126 valence electrons. The van der Waals surface area contributed by atoms with Crippen molar-refractivity contribution in [2.45, 2.75) is 6.92 Å². The standard InChI is InChI=1S/C16H20N6O2/c1-11-6-13(2-3-18-11)21-4-5-22(9-12(8-21)16(23)24)15-7-14(17)19-10-20-15/h2-3,6-7,10,12H,4-5,8-9H2,1H3,(H,23,24)(H2,17,19,20)/t12-/m0/s1. The average Bonchev–Trinajstić information content (AvgIpc) is 2.78. The quantitative estimate of drug-likeness (QED) is 0.851. The van der Waals surface area contributed by atoms with Gasteiger partial charge in [-0.3, -0.25) is 9.78 Å². The molecule has 0 radical (unpaired) electrons. The first-order valence-corrected chi connectivity index (χ1v) is 7.76. The maximum absolute atomic E-state index is 11.7. The van der Waals surface area contributed by atoms with Gasteiger partial charge in [-0.25, -0.2) is 9.97 Å². The van der Waals surface area contributed by atoms with E-state index < -0.39 is 11.9 Å². The topological polar surface area (TPSA) is 108 Å². The summed E-state index contributed by atoms with van der Waals surface area (Å²) in [4.78, 5) is 28.0. The summed E-state index contributed by atoms with van der Waals surface area (Å²) >= 11 is 0. The number of carboxylic acids is 1. The minimum atomic E-state index is -0.820. The summed E-state index contributed by atoms with van der Waals surface area (Å²) in [5.41, 5.74) is 7.61. The van der Waals surface area contributed by atoms with Gasteiger partial charge in [0.15, 0.2) is 0 Å². The monoisotopic (exact) mass is 328 g/mol. The Labute approximate surface area is 140 Å². The number of nitrogens with two attached hydrogens (primary N) is 1. The van der Waals surface area contributed by atoms with Gasteiger partial charge < -0.3 is 20.6 Å². The van der Waals surface area contributed by atoms with E-state index in [0.717, 1.165) is 11.4 Å². The van der Waals surface area contributed by atoms with Crippen LogP contribution in [0.4, 0.5) is 17.3 Å². The summed E-state index contributed by atoms with van der Waals surface area (Å²) in [7, 11) is 0. The van der Waals surface area contributed by atoms with Crippen molar-refractivity contribution < 1.29 is 9.90 Å². The number of anilines is 3. The average molecular weight is 328 g/mol. The second-order valence-corrected chi connectivity index (χ2v) is 5.88. The molecule has 0 unspecified atom stereocenters. The lowest BCUT2D eigenvalue weighted by atomic mass is 10.1. The highest BCUT2D eigenvalue weighted by atomic mass is 16.4. The van der Waals surface area contributed by atoms with Gasteiger partial charge in [0.05, 0.1) is 5.92 Å². The number of nitrogen functional groups attached to an aromatic ring is 1. The van der Waals surface area contributed by atoms with Crippen LogP contribution in [-0.2, 0) is 4.79 Å². The summed E-state index contributed by atoms with van der Waals surface area (Å²) in [5.74, 6) is -0.323. The van der Waals surface area contributed by atoms with Crippen molar-refractivity contribution in [1.82, 2.24) is 15.0 Å². The predicted molar refractivity (Wildman–Crippen MR) is 91.0 cm³/mol. The lowest BCUT2D eigenvalue weighted by Gasteiger charge is -2.24. The number of aryl methyl sites for hydroxylation is 1. The molecule has 8 heteroatoms. The summed E-state index contributed by atoms with van der Waals surface area (Å²) in [5, 5.41) is 9.58. The van der Waals surface area contributed by atoms with Gasteiger partial charge >= 0.3 is 5.97 Å². The zero-order valence-electron chi connectivity index (χ0n) is 13.5. The molecular formula is C16H20N6O2. The lowest BCUT2D eigenvalue weighted by Crippen LogP contribution is -2.35. The number of hydrogen-bond acceptors (Lipinski definition) is 7. The molecule has 0 saturated carbocycles. The third-order valence-corrected chi connectivity index (χ3v) is 4.11. The summed E-state index contributed by atoms with van der Waals surface area (Å²) in [6, 6.07) is 5.55. The second-order valence-electron chi connectivity index (χ2n) is 5.88. The molecule has 0 bridgehead atoms. The third-order valence-electron chi connectivity index (χ3n) is 4.11. The van der Waals surface area contributed by atoms with E-state index >= 15 is 0 Å². The van der Waals surface area contributed by atoms with Gasteiger partial charge in [-0.15, -0.1) is 0 Å². The number of aliphatic carboxylic acids is 1. The smallest absolute Gasteiger partial charge is 0.310 e. The zero-order valence-corrected chi connectivity index (χ0v) is 13.5. The molecule has 3 heterocycles. The van der Waals surface area contributed by atoms with Gasteiger partial charge in [0.1, 0.15) is 18.0 Å². The molecule has 0 aliphatic carbocycles. The Balaban J connectivity index is 1.86. The van der Waals surface area contributed by atoms with Gasteiger partial charge in [-0.2, -0.15) is 0 Å². The molecule has 0 spiro atoms. The van der Waals surface area contributed by atoms with Crippen molar-refractivity contribution in [3.8, 4) is 0 Å². The number of nitrogens with zero attached hydrogens (tertiary/aromatic N) is 5. The van der Waals surface area contributed by atoms with Crippen LogP contribution in [-0.4, -0.2) is 52.2 Å². The van der Waals surface area contributed by atoms with Crippen molar-refractivity contribution in [2.75, 3.05) is 41.7 Å². The largest absolute Gasteiger partial charge is 0.481 e. The fourth-order valence-electron chi connectivity index (χ4n) is 2.87. The summed E-state index contributed by atoms with van der Waals surface area (Å²) in [6.07, 6.45) is 3.14. The Bertz CT molecular complexity index is 683. The van der Waals surface area contributed by atoms with E-state index in [0.29, 0.717) is 37.8 Å². The molecule has 24 heavy (non-hydrogen) atoms. The number of pyridine rings is 1. The molecule has 0 aromatic carbocycles. The highest BCUT2D eigenvalue weighted by Crippen LogP contribution is 2.22. The van der Waals surface area contributed by atoms with Crippen molar-refractivity contribution in [1.29, 1.82) is 0 Å². The van der Waals surface area contributed by atoms with Gasteiger partial charge in [-0.1, -0.05) is 0 Å². The molecule has 1 saturated heterocycles. The van der Waals surface area contributed by atoms with E-state index in [2.05, 4.69) is 19.9 Å². The Morgan fingerprint density at radius 3 is 2.67 bits per heavy atom. The van der Waals surface area contributed by atoms with E-state index in [-0.39, 0.29) is 0 Å². The first-order chi connectivity index (χ1) is 11.5. The SMILES string of the molecule is Cc1cc(N2CCN(c3cc(N)ncn3)C[C@@H](C(=O)O)C2)ccn1. The molecule has 2 aromatic rings. The zero-order chi connectivity index (χ0) is 17.1. The van der Waals surface area contributed by atoms with Crippen LogP contribution in [0.5, 0.6) is 0 Å². The Morgan fingerprint density at radius 1 is 1.21 bits per heavy atom. The molecule has 0 amide bonds. The van der Waals surface area contributed by atoms with Crippen LogP contribution in [0.1, 0.15) is 5.69 Å². The molecule has 2 aromatic heterocycles. The fourth-order valence-corrected chi connectivity index (χ4v) is 2.87. The highest BCUT2D eigenvalue weighted by Gasteiger charge is 2.28. The van der Waals surface area contributed by atoms with Crippen LogP contribution in [0.3, 0.4) is 0 Å². The molecule has 1 aliphatic heterocycles. The lowest BCUT2D eigenvalue weighted by molar-refractivity contribution is -0.140. The molecule has 1 fully saturated rings. The number of rotatable bonds is 3. The number of carbonyl (C=O) groups is 1. The van der Waals surface area contributed by atoms with Crippen molar-refractivity contribution in [2.24, 2.45) is 5.92 Å². The molecule has 1 aliphatic rings. The van der Waals surface area contributed by atoms with Crippen LogP contribution < -0.4 is 15.5 Å². The molecule has 8 nitrogen and oxygen atoms in total. The van der Waals surface area contributed by atoms with Crippen LogP contribution in [0.2, 0.25) is 0 Å². The van der Waals surface area contributed by atoms with Crippen LogP contribution in [0.15, 0.2) is 30.7 Å². The first-order valence-electron chi connectivity index (χ1n) is 7.76. The number of hydrogen-bond donors (Lipinski definition) is 2. The predicted octanol–water partition coefficient (Wildman–Crippen LogP) is 0.790. The maximum atomic E-state index is 11.7. The van der Waals surface area contributed by atoms with E-state index in [1.54, 1.807) is 12.3 Å². The minimum absolute atomic E-state index is 0.373. The molecule has 3 rings (SSSR count). The fraction of sp³-hybridized carbons (Fsp3) is 0.375. The normalized spacial score (nSPS) is 18.3. The minimum Gasteiger partial charge on any atom is -0.481 e. The Hall–Kier alpha value is -2.90. The van der Waals surface area contributed by atoms with Crippen LogP contribution >= 0.6 is 0 Å². The maximum Gasteiger partial charge on any atom is 0.310 e. The van der Waals surface area contributed by atoms with E-state index in [9.17, 15) is 9.90 Å².